The van der Waals surface area contributed by atoms with Gasteiger partial charge in [-0.2, -0.15) is 0 Å². The van der Waals surface area contributed by atoms with Crippen LogP contribution in [0.3, 0.4) is 0 Å². The predicted octanol–water partition coefficient (Wildman–Crippen LogP) is 19.4. The van der Waals surface area contributed by atoms with Crippen LogP contribution >= 0.6 is 0 Å². The molecule has 390 valence electrons. The number of hydrogen-bond acceptors (Lipinski definition) is 6. The van der Waals surface area contributed by atoms with Gasteiger partial charge in [-0.25, -0.2) is 0 Å². The van der Waals surface area contributed by atoms with Crippen LogP contribution in [0.5, 0.6) is 0 Å². The standard InChI is InChI=1S/C61H110O6/c1-4-7-10-13-16-19-22-25-28-30-33-36-39-42-45-48-51-54-60(63)66-57-58(56-65-59(62)53-50-47-44-41-38-35-32-27-24-21-18-15-12-9-6-3)67-61(64)55-52-49-46-43-40-37-34-31-29-26-23-20-17-14-11-8-5-2/h16,19,25,28,33,36,42,45,58H,4-15,17-18,20-24,26-27,29-32,34-35,37-41,43-44,46-57H2,1-3H3/b19-16-,28-25-,36-33-,45-42-/t58-/m1/s1. The molecule has 0 saturated carbocycles. The van der Waals surface area contributed by atoms with Gasteiger partial charge in [0.25, 0.3) is 0 Å². The second kappa shape index (κ2) is 56.0. The van der Waals surface area contributed by atoms with Crippen molar-refractivity contribution in [2.45, 2.75) is 309 Å². The Morgan fingerprint density at radius 3 is 0.896 bits per heavy atom. The lowest BCUT2D eigenvalue weighted by Gasteiger charge is -2.18. The maximum atomic E-state index is 12.9. The molecule has 0 aliphatic heterocycles. The van der Waals surface area contributed by atoms with E-state index in [1.54, 1.807) is 0 Å². The summed E-state index contributed by atoms with van der Waals surface area (Å²) in [5.74, 6) is -0.926. The Labute approximate surface area is 416 Å². The molecular weight excluding hydrogens is 829 g/mol. The lowest BCUT2D eigenvalue weighted by atomic mass is 10.0. The molecule has 0 spiro atoms. The monoisotopic (exact) mass is 939 g/mol. The van der Waals surface area contributed by atoms with E-state index in [1.165, 1.54) is 193 Å². The number of hydrogen-bond donors (Lipinski definition) is 0. The number of carbonyl (C=O) groups is 3. The molecule has 6 nitrogen and oxygen atoms in total. The summed E-state index contributed by atoms with van der Waals surface area (Å²) in [5, 5.41) is 0. The highest BCUT2D eigenvalue weighted by Crippen LogP contribution is 2.17. The lowest BCUT2D eigenvalue weighted by Crippen LogP contribution is -2.30. The van der Waals surface area contributed by atoms with E-state index in [-0.39, 0.29) is 37.5 Å². The largest absolute Gasteiger partial charge is 0.462 e. The highest BCUT2D eigenvalue weighted by atomic mass is 16.6. The SMILES string of the molecule is CCCCC/C=C\C/C=C\C/C=C\C/C=C\CCCC(=O)OC[C@@H](COC(=O)CCCCCCCCCCCCCCCCC)OC(=O)CCCCCCCCCCCCCCCCCCC. The molecule has 0 bridgehead atoms. The minimum Gasteiger partial charge on any atom is -0.462 e. The van der Waals surface area contributed by atoms with Gasteiger partial charge >= 0.3 is 17.9 Å². The van der Waals surface area contributed by atoms with Crippen molar-refractivity contribution in [3.63, 3.8) is 0 Å². The number of rotatable bonds is 53. The lowest BCUT2D eigenvalue weighted by molar-refractivity contribution is -0.167. The van der Waals surface area contributed by atoms with Gasteiger partial charge in [-0.1, -0.05) is 275 Å². The van der Waals surface area contributed by atoms with Gasteiger partial charge in [0.05, 0.1) is 0 Å². The first-order valence-electron chi connectivity index (χ1n) is 29.1. The molecule has 0 N–H and O–H groups in total. The first-order chi connectivity index (χ1) is 33.0. The predicted molar refractivity (Wildman–Crippen MR) is 289 cm³/mol. The van der Waals surface area contributed by atoms with E-state index in [0.29, 0.717) is 19.3 Å². The van der Waals surface area contributed by atoms with Crippen LogP contribution in [0.4, 0.5) is 0 Å². The van der Waals surface area contributed by atoms with E-state index >= 15 is 0 Å². The van der Waals surface area contributed by atoms with E-state index in [1.807, 2.05) is 0 Å². The van der Waals surface area contributed by atoms with Crippen molar-refractivity contribution in [3.05, 3.63) is 48.6 Å². The van der Waals surface area contributed by atoms with Crippen molar-refractivity contribution >= 4 is 17.9 Å². The van der Waals surface area contributed by atoms with Gasteiger partial charge in [0.2, 0.25) is 0 Å². The summed E-state index contributed by atoms with van der Waals surface area (Å²) in [5.41, 5.74) is 0. The quantitative estimate of drug-likeness (QED) is 0.0262. The minimum atomic E-state index is -0.791. The third kappa shape index (κ3) is 54.2. The van der Waals surface area contributed by atoms with E-state index in [0.717, 1.165) is 64.2 Å². The molecule has 0 saturated heterocycles. The smallest absolute Gasteiger partial charge is 0.306 e. The Balaban J connectivity index is 4.42. The van der Waals surface area contributed by atoms with Crippen molar-refractivity contribution in [3.8, 4) is 0 Å². The van der Waals surface area contributed by atoms with Gasteiger partial charge in [-0.3, -0.25) is 14.4 Å². The molecule has 0 heterocycles. The van der Waals surface area contributed by atoms with Crippen LogP contribution in [0.1, 0.15) is 303 Å². The average molecular weight is 940 g/mol. The molecule has 0 aromatic rings. The second-order valence-corrected chi connectivity index (χ2v) is 19.6. The first kappa shape index (κ1) is 64.4. The maximum absolute atomic E-state index is 12.9. The van der Waals surface area contributed by atoms with Crippen molar-refractivity contribution < 1.29 is 28.6 Å². The third-order valence-corrected chi connectivity index (χ3v) is 12.8. The van der Waals surface area contributed by atoms with Crippen molar-refractivity contribution in [2.24, 2.45) is 0 Å². The van der Waals surface area contributed by atoms with E-state index in [9.17, 15) is 14.4 Å². The molecule has 0 radical (unpaired) electrons. The Morgan fingerprint density at radius 1 is 0.299 bits per heavy atom. The molecule has 0 aliphatic carbocycles. The topological polar surface area (TPSA) is 78.9 Å². The number of ether oxygens (including phenoxy) is 3. The molecule has 0 aromatic carbocycles. The van der Waals surface area contributed by atoms with Crippen LogP contribution in [0, 0.1) is 0 Å². The number of carbonyl (C=O) groups excluding carboxylic acids is 3. The zero-order valence-electron chi connectivity index (χ0n) is 44.7. The Morgan fingerprint density at radius 2 is 0.552 bits per heavy atom. The summed E-state index contributed by atoms with van der Waals surface area (Å²) in [7, 11) is 0. The first-order valence-corrected chi connectivity index (χ1v) is 29.1. The van der Waals surface area contributed by atoms with Crippen molar-refractivity contribution in [2.75, 3.05) is 13.2 Å². The van der Waals surface area contributed by atoms with E-state index in [4.69, 9.17) is 14.2 Å². The van der Waals surface area contributed by atoms with Crippen molar-refractivity contribution in [1.82, 2.24) is 0 Å². The van der Waals surface area contributed by atoms with Gasteiger partial charge < -0.3 is 14.2 Å². The zero-order chi connectivity index (χ0) is 48.6. The molecule has 0 rings (SSSR count). The van der Waals surface area contributed by atoms with Crippen LogP contribution in [-0.4, -0.2) is 37.2 Å². The van der Waals surface area contributed by atoms with Crippen LogP contribution < -0.4 is 0 Å². The molecule has 0 aliphatic rings. The van der Waals surface area contributed by atoms with Crippen LogP contribution in [0.15, 0.2) is 48.6 Å². The minimum absolute atomic E-state index is 0.0855. The van der Waals surface area contributed by atoms with Crippen LogP contribution in [0.2, 0.25) is 0 Å². The Kier molecular flexibility index (Phi) is 53.8. The summed E-state index contributed by atoms with van der Waals surface area (Å²) < 4.78 is 16.8. The number of unbranched alkanes of at least 4 members (excludes halogenated alkanes) is 34. The highest BCUT2D eigenvalue weighted by Gasteiger charge is 2.19. The molecule has 0 aromatic heterocycles. The zero-order valence-corrected chi connectivity index (χ0v) is 44.7. The Hall–Kier alpha value is -2.63. The van der Waals surface area contributed by atoms with Gasteiger partial charge in [-0.05, 0) is 57.8 Å². The fraction of sp³-hybridized carbons (Fsp3) is 0.820. The van der Waals surface area contributed by atoms with Gasteiger partial charge in [0.1, 0.15) is 13.2 Å². The number of allylic oxidation sites excluding steroid dienone is 8. The molecule has 1 atom stereocenters. The normalized spacial score (nSPS) is 12.3. The second-order valence-electron chi connectivity index (χ2n) is 19.6. The van der Waals surface area contributed by atoms with Gasteiger partial charge in [0.15, 0.2) is 6.10 Å². The fourth-order valence-corrected chi connectivity index (χ4v) is 8.44. The van der Waals surface area contributed by atoms with Crippen LogP contribution in [0.25, 0.3) is 0 Å². The molecule has 0 amide bonds. The average Bonchev–Trinajstić information content (AvgIpc) is 3.33. The summed E-state index contributed by atoms with van der Waals surface area (Å²) in [6, 6.07) is 0. The highest BCUT2D eigenvalue weighted by molar-refractivity contribution is 5.71. The number of esters is 3. The Bertz CT molecular complexity index is 1170. The van der Waals surface area contributed by atoms with E-state index < -0.39 is 6.10 Å². The molecule has 0 unspecified atom stereocenters. The molecular formula is C61H110O6. The van der Waals surface area contributed by atoms with E-state index in [2.05, 4.69) is 69.4 Å². The molecule has 0 fully saturated rings. The summed E-state index contributed by atoms with van der Waals surface area (Å²) >= 11 is 0. The molecule has 67 heavy (non-hydrogen) atoms. The fourth-order valence-electron chi connectivity index (χ4n) is 8.44. The van der Waals surface area contributed by atoms with Gasteiger partial charge in [-0.15, -0.1) is 0 Å². The summed E-state index contributed by atoms with van der Waals surface area (Å²) in [6.45, 7) is 6.61. The van der Waals surface area contributed by atoms with Crippen molar-refractivity contribution in [1.29, 1.82) is 0 Å². The third-order valence-electron chi connectivity index (χ3n) is 12.8. The summed E-state index contributed by atoms with van der Waals surface area (Å²) in [6.07, 6.45) is 68.2. The van der Waals surface area contributed by atoms with Crippen LogP contribution in [-0.2, 0) is 28.6 Å². The summed E-state index contributed by atoms with van der Waals surface area (Å²) in [4.78, 5) is 38.1. The van der Waals surface area contributed by atoms with Gasteiger partial charge in [0, 0.05) is 19.3 Å². The maximum Gasteiger partial charge on any atom is 0.306 e. The molecule has 6 heteroatoms.